The van der Waals surface area contributed by atoms with Gasteiger partial charge in [0.05, 0.1) is 0 Å². The van der Waals surface area contributed by atoms with Crippen molar-refractivity contribution in [2.75, 3.05) is 6.54 Å². The quantitative estimate of drug-likeness (QED) is 0.548. The second-order valence-corrected chi connectivity index (χ2v) is 3.10. The van der Waals surface area contributed by atoms with Crippen LogP contribution in [0, 0.1) is 5.92 Å². The highest BCUT2D eigenvalue weighted by Crippen LogP contribution is 2.40. The van der Waals surface area contributed by atoms with Crippen molar-refractivity contribution in [3.63, 3.8) is 0 Å². The number of hydrogen-bond donors (Lipinski definition) is 1. The van der Waals surface area contributed by atoms with Crippen LogP contribution in [-0.4, -0.2) is 34.5 Å². The molecule has 1 saturated carbocycles. The van der Waals surface area contributed by atoms with Crippen molar-refractivity contribution < 1.29 is 14.7 Å². The Bertz CT molecular complexity index is 226. The highest BCUT2D eigenvalue weighted by atomic mass is 16.4. The van der Waals surface area contributed by atoms with E-state index in [1.54, 1.807) is 0 Å². The molecule has 1 saturated heterocycles. The Morgan fingerprint density at radius 1 is 1.64 bits per heavy atom. The number of hydrogen-bond acceptors (Lipinski definition) is 2. The number of ketones is 1. The van der Waals surface area contributed by atoms with Crippen molar-refractivity contribution in [3.8, 4) is 0 Å². The normalized spacial score (nSPS) is 34.9. The lowest BCUT2D eigenvalue weighted by molar-refractivity contribution is -0.122. The van der Waals surface area contributed by atoms with Crippen LogP contribution in [-0.2, 0) is 4.79 Å². The number of amides is 1. The summed E-state index contributed by atoms with van der Waals surface area (Å²) in [7, 11) is 0. The van der Waals surface area contributed by atoms with Gasteiger partial charge in [0.1, 0.15) is 5.78 Å². The molecule has 2 fully saturated rings. The lowest BCUT2D eigenvalue weighted by Gasteiger charge is -2.22. The third kappa shape index (κ3) is 0.895. The van der Waals surface area contributed by atoms with Gasteiger partial charge >= 0.3 is 6.09 Å². The first-order chi connectivity index (χ1) is 5.20. The Morgan fingerprint density at radius 2 is 2.36 bits per heavy atom. The molecular weight excluding hydrogens is 146 g/mol. The van der Waals surface area contributed by atoms with Crippen LogP contribution in [0.15, 0.2) is 0 Å². The summed E-state index contributed by atoms with van der Waals surface area (Å²) in [5.74, 6) is 0.285. The van der Waals surface area contributed by atoms with E-state index in [-0.39, 0.29) is 17.7 Å². The van der Waals surface area contributed by atoms with Crippen molar-refractivity contribution >= 4 is 11.9 Å². The summed E-state index contributed by atoms with van der Waals surface area (Å²) in [6.07, 6.45) is 0.281. The molecule has 4 heteroatoms. The summed E-state index contributed by atoms with van der Waals surface area (Å²) in [4.78, 5) is 22.9. The fourth-order valence-corrected chi connectivity index (χ4v) is 1.69. The van der Waals surface area contributed by atoms with Crippen molar-refractivity contribution in [2.45, 2.75) is 18.9 Å². The van der Waals surface area contributed by atoms with Crippen LogP contribution < -0.4 is 0 Å². The molecule has 4 nitrogen and oxygen atoms in total. The van der Waals surface area contributed by atoms with Gasteiger partial charge in [-0.2, -0.15) is 0 Å². The Labute approximate surface area is 63.8 Å². The number of piperidine rings is 1. The Hall–Kier alpha value is -1.06. The monoisotopic (exact) mass is 155 g/mol. The maximum Gasteiger partial charge on any atom is 0.407 e. The fourth-order valence-electron chi connectivity index (χ4n) is 1.69. The maximum absolute atomic E-state index is 11.0. The van der Waals surface area contributed by atoms with Crippen LogP contribution in [0.5, 0.6) is 0 Å². The number of carbonyl (C=O) groups is 2. The van der Waals surface area contributed by atoms with Gasteiger partial charge in [-0.1, -0.05) is 0 Å². The van der Waals surface area contributed by atoms with Gasteiger partial charge in [-0.05, 0) is 6.42 Å². The third-order valence-corrected chi connectivity index (χ3v) is 2.42. The number of Topliss-reactive ketones (excluding diaryl/α,β-unsaturated/α-hetero) is 1. The molecule has 0 spiro atoms. The summed E-state index contributed by atoms with van der Waals surface area (Å²) in [5, 5.41) is 8.64. The molecule has 0 aromatic rings. The van der Waals surface area contributed by atoms with Gasteiger partial charge in [0.2, 0.25) is 0 Å². The second kappa shape index (κ2) is 1.96. The van der Waals surface area contributed by atoms with Gasteiger partial charge in [0.25, 0.3) is 0 Å². The van der Waals surface area contributed by atoms with Gasteiger partial charge in [0.15, 0.2) is 0 Å². The molecule has 0 aromatic heterocycles. The molecule has 2 aliphatic rings. The predicted octanol–water partition coefficient (Wildman–Crippen LogP) is 0.328. The fraction of sp³-hybridized carbons (Fsp3) is 0.714. The molecule has 0 aromatic carbocycles. The summed E-state index contributed by atoms with van der Waals surface area (Å²) < 4.78 is 0. The van der Waals surface area contributed by atoms with Gasteiger partial charge in [-0.25, -0.2) is 4.79 Å². The minimum absolute atomic E-state index is 0.0220. The van der Waals surface area contributed by atoms with Crippen molar-refractivity contribution in [1.29, 1.82) is 0 Å². The van der Waals surface area contributed by atoms with Crippen LogP contribution in [0.25, 0.3) is 0 Å². The molecule has 1 N–H and O–H groups in total. The molecule has 1 amide bonds. The summed E-state index contributed by atoms with van der Waals surface area (Å²) in [6.45, 7) is 0.398. The third-order valence-electron chi connectivity index (χ3n) is 2.42. The van der Waals surface area contributed by atoms with Crippen molar-refractivity contribution in [1.82, 2.24) is 4.90 Å². The topological polar surface area (TPSA) is 57.6 Å². The number of nitrogens with zero attached hydrogens (tertiary/aromatic N) is 1. The Morgan fingerprint density at radius 3 is 3.00 bits per heavy atom. The minimum atomic E-state index is -0.884. The molecule has 0 bridgehead atoms. The molecule has 11 heavy (non-hydrogen) atoms. The highest BCUT2D eigenvalue weighted by molar-refractivity contribution is 5.87. The Balaban J connectivity index is 2.08. The molecule has 60 valence electrons. The standard InChI is InChI=1S/C7H9NO3/c9-6-1-2-8(7(10)11)5-3-4(5)6/h4-5H,1-3H2,(H,10,11). The molecule has 1 heterocycles. The zero-order valence-corrected chi connectivity index (χ0v) is 5.99. The van der Waals surface area contributed by atoms with E-state index < -0.39 is 6.09 Å². The van der Waals surface area contributed by atoms with E-state index in [0.717, 1.165) is 6.42 Å². The first-order valence-corrected chi connectivity index (χ1v) is 3.72. The molecule has 2 atom stereocenters. The zero-order valence-electron chi connectivity index (χ0n) is 5.99. The molecule has 1 aliphatic carbocycles. The summed E-state index contributed by atoms with van der Waals surface area (Å²) in [5.41, 5.74) is 0. The van der Waals surface area contributed by atoms with Crippen molar-refractivity contribution in [2.24, 2.45) is 5.92 Å². The SMILES string of the molecule is O=C1CCN(C(=O)O)C2CC12. The molecule has 2 unspecified atom stereocenters. The number of fused-ring (bicyclic) bond motifs is 1. The number of carbonyl (C=O) groups excluding carboxylic acids is 1. The lowest BCUT2D eigenvalue weighted by Crippen LogP contribution is -2.39. The van der Waals surface area contributed by atoms with Crippen molar-refractivity contribution in [3.05, 3.63) is 0 Å². The van der Waals surface area contributed by atoms with Gasteiger partial charge < -0.3 is 10.0 Å². The number of rotatable bonds is 0. The van der Waals surface area contributed by atoms with Crippen LogP contribution in [0.3, 0.4) is 0 Å². The van der Waals surface area contributed by atoms with E-state index in [4.69, 9.17) is 5.11 Å². The van der Waals surface area contributed by atoms with E-state index in [1.807, 2.05) is 0 Å². The maximum atomic E-state index is 11.0. The number of carboxylic acid groups (broad SMARTS) is 1. The summed E-state index contributed by atoms with van der Waals surface area (Å²) in [6, 6.07) is 0.0220. The molecule has 1 aliphatic heterocycles. The second-order valence-electron chi connectivity index (χ2n) is 3.10. The highest BCUT2D eigenvalue weighted by Gasteiger charge is 2.51. The van der Waals surface area contributed by atoms with E-state index in [9.17, 15) is 9.59 Å². The van der Waals surface area contributed by atoms with E-state index in [1.165, 1.54) is 4.90 Å². The van der Waals surface area contributed by atoms with Crippen LogP contribution in [0.2, 0.25) is 0 Å². The van der Waals surface area contributed by atoms with Gasteiger partial charge in [0, 0.05) is 24.9 Å². The average molecular weight is 155 g/mol. The van der Waals surface area contributed by atoms with Crippen LogP contribution in [0.4, 0.5) is 4.79 Å². The van der Waals surface area contributed by atoms with Gasteiger partial charge in [-0.15, -0.1) is 0 Å². The van der Waals surface area contributed by atoms with E-state index in [0.29, 0.717) is 13.0 Å². The average Bonchev–Trinajstić information content (AvgIpc) is 2.66. The smallest absolute Gasteiger partial charge is 0.407 e. The molecule has 2 rings (SSSR count). The molecular formula is C7H9NO3. The first-order valence-electron chi connectivity index (χ1n) is 3.72. The number of likely N-dealkylation sites (tertiary alicyclic amines) is 1. The van der Waals surface area contributed by atoms with Crippen LogP contribution in [0.1, 0.15) is 12.8 Å². The van der Waals surface area contributed by atoms with Gasteiger partial charge in [-0.3, -0.25) is 4.79 Å². The lowest BCUT2D eigenvalue weighted by atomic mass is 10.1. The predicted molar refractivity (Wildman–Crippen MR) is 36.2 cm³/mol. The van der Waals surface area contributed by atoms with E-state index >= 15 is 0 Å². The van der Waals surface area contributed by atoms with Crippen LogP contribution >= 0.6 is 0 Å². The summed E-state index contributed by atoms with van der Waals surface area (Å²) >= 11 is 0. The minimum Gasteiger partial charge on any atom is -0.465 e. The largest absolute Gasteiger partial charge is 0.465 e. The zero-order chi connectivity index (χ0) is 8.01. The molecule has 0 radical (unpaired) electrons. The first kappa shape index (κ1) is 6.64. The Kier molecular flexibility index (Phi) is 1.19. The van der Waals surface area contributed by atoms with E-state index in [2.05, 4.69) is 0 Å².